The van der Waals surface area contributed by atoms with E-state index in [2.05, 4.69) is 0 Å². The second-order valence-electron chi connectivity index (χ2n) is 3.52. The second kappa shape index (κ2) is 4.41. The van der Waals surface area contributed by atoms with Crippen LogP contribution in [0.1, 0.15) is 16.7 Å². The largest absolute Gasteiger partial charge is 0.507 e. The Bertz CT molecular complexity index is 466. The highest BCUT2D eigenvalue weighted by Gasteiger charge is 2.12. The van der Waals surface area contributed by atoms with Crippen molar-refractivity contribution in [3.05, 3.63) is 28.8 Å². The first-order chi connectivity index (χ1) is 6.81. The minimum Gasteiger partial charge on any atom is -0.507 e. The molecule has 15 heavy (non-hydrogen) atoms. The van der Waals surface area contributed by atoms with Crippen molar-refractivity contribution in [1.29, 1.82) is 0 Å². The van der Waals surface area contributed by atoms with Gasteiger partial charge in [0.2, 0.25) is 9.05 Å². The SMILES string of the molecule is Cc1ccc(C)c(CCS(=O)(=O)Cl)c1O. The Kier molecular flexibility index (Phi) is 3.62. The summed E-state index contributed by atoms with van der Waals surface area (Å²) in [5.41, 5.74) is 2.26. The third-order valence-electron chi connectivity index (χ3n) is 2.31. The molecule has 0 spiro atoms. The molecule has 0 bridgehead atoms. The first kappa shape index (κ1) is 12.3. The maximum absolute atomic E-state index is 10.8. The van der Waals surface area contributed by atoms with E-state index in [4.69, 9.17) is 10.7 Å². The van der Waals surface area contributed by atoms with Crippen LogP contribution in [0.4, 0.5) is 0 Å². The number of phenolic OH excluding ortho intramolecular Hbond substituents is 1. The van der Waals surface area contributed by atoms with Crippen LogP contribution in [-0.4, -0.2) is 19.3 Å². The van der Waals surface area contributed by atoms with Gasteiger partial charge in [0, 0.05) is 10.7 Å². The monoisotopic (exact) mass is 248 g/mol. The molecule has 0 heterocycles. The predicted octanol–water partition coefficient (Wildman–Crippen LogP) is 2.12. The van der Waals surface area contributed by atoms with Crippen molar-refractivity contribution in [2.75, 3.05) is 5.75 Å². The number of rotatable bonds is 3. The average molecular weight is 249 g/mol. The van der Waals surface area contributed by atoms with Crippen LogP contribution in [0.5, 0.6) is 5.75 Å². The number of benzene rings is 1. The van der Waals surface area contributed by atoms with Gasteiger partial charge in [0.15, 0.2) is 0 Å². The van der Waals surface area contributed by atoms with Gasteiger partial charge >= 0.3 is 0 Å². The van der Waals surface area contributed by atoms with E-state index in [9.17, 15) is 13.5 Å². The summed E-state index contributed by atoms with van der Waals surface area (Å²) >= 11 is 0. The molecule has 0 aliphatic heterocycles. The van der Waals surface area contributed by atoms with E-state index in [0.29, 0.717) is 5.56 Å². The van der Waals surface area contributed by atoms with Gasteiger partial charge < -0.3 is 5.11 Å². The number of halogens is 1. The molecule has 1 aromatic rings. The van der Waals surface area contributed by atoms with Gasteiger partial charge in [0.05, 0.1) is 5.75 Å². The van der Waals surface area contributed by atoms with Crippen LogP contribution in [0.15, 0.2) is 12.1 Å². The van der Waals surface area contributed by atoms with Gasteiger partial charge in [-0.15, -0.1) is 0 Å². The molecule has 84 valence electrons. The van der Waals surface area contributed by atoms with Crippen molar-refractivity contribution in [1.82, 2.24) is 0 Å². The summed E-state index contributed by atoms with van der Waals surface area (Å²) in [6, 6.07) is 3.65. The normalized spacial score (nSPS) is 11.7. The van der Waals surface area contributed by atoms with Crippen LogP contribution >= 0.6 is 10.7 Å². The fourth-order valence-corrected chi connectivity index (χ4v) is 2.07. The third-order valence-corrected chi connectivity index (χ3v) is 3.47. The van der Waals surface area contributed by atoms with Crippen molar-refractivity contribution in [2.45, 2.75) is 20.3 Å². The van der Waals surface area contributed by atoms with E-state index in [-0.39, 0.29) is 17.9 Å². The molecule has 0 aromatic heterocycles. The molecule has 0 saturated carbocycles. The molecule has 0 atom stereocenters. The van der Waals surface area contributed by atoms with Gasteiger partial charge in [0.25, 0.3) is 0 Å². The van der Waals surface area contributed by atoms with E-state index in [1.165, 1.54) is 0 Å². The lowest BCUT2D eigenvalue weighted by molar-refractivity contribution is 0.464. The van der Waals surface area contributed by atoms with Crippen molar-refractivity contribution in [3.8, 4) is 5.75 Å². The molecule has 5 heteroatoms. The average Bonchev–Trinajstić information content (AvgIpc) is 2.10. The number of hydrogen-bond acceptors (Lipinski definition) is 3. The van der Waals surface area contributed by atoms with E-state index in [0.717, 1.165) is 11.1 Å². The molecule has 0 aliphatic carbocycles. The van der Waals surface area contributed by atoms with Crippen molar-refractivity contribution in [3.63, 3.8) is 0 Å². The lowest BCUT2D eigenvalue weighted by atomic mass is 10.0. The molecule has 1 N–H and O–H groups in total. The van der Waals surface area contributed by atoms with Crippen LogP contribution < -0.4 is 0 Å². The predicted molar refractivity (Wildman–Crippen MR) is 60.9 cm³/mol. The summed E-state index contributed by atoms with van der Waals surface area (Å²) in [5.74, 6) is 0.00202. The van der Waals surface area contributed by atoms with Crippen LogP contribution in [0.3, 0.4) is 0 Å². The van der Waals surface area contributed by atoms with Gasteiger partial charge in [-0.3, -0.25) is 0 Å². The maximum atomic E-state index is 10.8. The zero-order valence-corrected chi connectivity index (χ0v) is 10.2. The Morgan fingerprint density at radius 1 is 1.27 bits per heavy atom. The number of aryl methyl sites for hydroxylation is 2. The summed E-state index contributed by atoms with van der Waals surface area (Å²) in [5, 5.41) is 9.74. The van der Waals surface area contributed by atoms with E-state index in [1.54, 1.807) is 13.0 Å². The standard InChI is InChI=1S/C10H13ClO3S/c1-7-3-4-8(2)10(12)9(7)5-6-15(11,13)14/h3-4,12H,5-6H2,1-2H3. The fourth-order valence-electron chi connectivity index (χ4n) is 1.39. The smallest absolute Gasteiger partial charge is 0.232 e. The molecule has 0 aliphatic rings. The fraction of sp³-hybridized carbons (Fsp3) is 0.400. The Morgan fingerprint density at radius 2 is 1.80 bits per heavy atom. The summed E-state index contributed by atoms with van der Waals surface area (Å²) in [6.07, 6.45) is 0.241. The summed E-state index contributed by atoms with van der Waals surface area (Å²) in [6.45, 7) is 3.60. The number of aromatic hydroxyl groups is 1. The lowest BCUT2D eigenvalue weighted by Gasteiger charge is -2.09. The first-order valence-corrected chi connectivity index (χ1v) is 6.99. The molecule has 0 saturated heterocycles. The maximum Gasteiger partial charge on any atom is 0.232 e. The van der Waals surface area contributed by atoms with Crippen LogP contribution in [0.25, 0.3) is 0 Å². The van der Waals surface area contributed by atoms with Gasteiger partial charge in [-0.05, 0) is 37.0 Å². The molecular formula is C10H13ClO3S. The molecule has 1 aromatic carbocycles. The molecule has 0 radical (unpaired) electrons. The zero-order chi connectivity index (χ0) is 11.6. The van der Waals surface area contributed by atoms with Crippen molar-refractivity contribution < 1.29 is 13.5 Å². The van der Waals surface area contributed by atoms with Gasteiger partial charge in [-0.25, -0.2) is 8.42 Å². The van der Waals surface area contributed by atoms with Crippen molar-refractivity contribution in [2.24, 2.45) is 0 Å². The van der Waals surface area contributed by atoms with Gasteiger partial charge in [0.1, 0.15) is 5.75 Å². The lowest BCUT2D eigenvalue weighted by Crippen LogP contribution is -2.03. The quantitative estimate of drug-likeness (QED) is 0.834. The summed E-state index contributed by atoms with van der Waals surface area (Å²) < 4.78 is 21.6. The Balaban J connectivity index is 2.99. The highest BCUT2D eigenvalue weighted by atomic mass is 35.7. The molecule has 0 unspecified atom stereocenters. The van der Waals surface area contributed by atoms with E-state index >= 15 is 0 Å². The van der Waals surface area contributed by atoms with E-state index < -0.39 is 9.05 Å². The van der Waals surface area contributed by atoms with E-state index in [1.807, 2.05) is 13.0 Å². The Labute approximate surface area is 94.1 Å². The second-order valence-corrected chi connectivity index (χ2v) is 6.42. The van der Waals surface area contributed by atoms with Crippen molar-refractivity contribution >= 4 is 19.7 Å². The Hall–Kier alpha value is -0.740. The van der Waals surface area contributed by atoms with Gasteiger partial charge in [-0.2, -0.15) is 0 Å². The van der Waals surface area contributed by atoms with Gasteiger partial charge in [-0.1, -0.05) is 12.1 Å². The zero-order valence-electron chi connectivity index (χ0n) is 8.62. The highest BCUT2D eigenvalue weighted by molar-refractivity contribution is 8.13. The van der Waals surface area contributed by atoms with Crippen LogP contribution in [0.2, 0.25) is 0 Å². The minimum absolute atomic E-state index is 0.160. The molecular weight excluding hydrogens is 236 g/mol. The molecule has 0 amide bonds. The Morgan fingerprint density at radius 3 is 2.33 bits per heavy atom. The summed E-state index contributed by atoms with van der Waals surface area (Å²) in [7, 11) is 1.61. The topological polar surface area (TPSA) is 54.4 Å². The number of phenols is 1. The van der Waals surface area contributed by atoms with Crippen LogP contribution in [-0.2, 0) is 15.5 Å². The molecule has 3 nitrogen and oxygen atoms in total. The summed E-state index contributed by atoms with van der Waals surface area (Å²) in [4.78, 5) is 0. The molecule has 0 fully saturated rings. The molecule has 1 rings (SSSR count). The van der Waals surface area contributed by atoms with Crippen LogP contribution in [0, 0.1) is 13.8 Å². The minimum atomic E-state index is -3.51. The third kappa shape index (κ3) is 3.39. The highest BCUT2D eigenvalue weighted by Crippen LogP contribution is 2.26. The first-order valence-electron chi connectivity index (χ1n) is 4.51. The number of hydrogen-bond donors (Lipinski definition) is 1.